The van der Waals surface area contributed by atoms with Crippen LogP contribution in [0.3, 0.4) is 0 Å². The minimum atomic E-state index is 0. The first-order chi connectivity index (χ1) is 5.74. The number of anilines is 1. The number of hydrogen-bond donors (Lipinski definition) is 2. The predicted octanol–water partition coefficient (Wildman–Crippen LogP) is 2.90. The van der Waals surface area contributed by atoms with E-state index in [4.69, 9.17) is 5.73 Å². The average molecular weight is 247 g/mol. The molecule has 0 heterocycles. The number of unbranched alkanes of at least 4 members (excludes halogenated alkanes) is 1. The fourth-order valence-corrected chi connectivity index (χ4v) is 1.37. The molecule has 0 bridgehead atoms. The molecule has 1 nitrogen and oxygen atoms in total. The number of nitrogen functional groups attached to an aromatic ring is 1. The summed E-state index contributed by atoms with van der Waals surface area (Å²) in [4.78, 5) is 0.892. The molecule has 68 valence electrons. The molecule has 0 radical (unpaired) electrons. The van der Waals surface area contributed by atoms with Gasteiger partial charge in [-0.15, -0.1) is 12.6 Å². The summed E-state index contributed by atoms with van der Waals surface area (Å²) in [6.45, 7) is 2.19. The van der Waals surface area contributed by atoms with Gasteiger partial charge in [-0.3, -0.25) is 0 Å². The van der Waals surface area contributed by atoms with Gasteiger partial charge in [-0.05, 0) is 30.5 Å². The molecule has 0 atom stereocenters. The fraction of sp³-hybridized carbons (Fsp3) is 0.400. The normalized spacial score (nSPS) is 9.38. The number of nitrogens with two attached hydrogens (primary N) is 1. The van der Waals surface area contributed by atoms with Crippen molar-refractivity contribution < 1.29 is 19.5 Å². The molecule has 1 aromatic rings. The summed E-state index contributed by atoms with van der Waals surface area (Å²) in [5, 5.41) is 0. The van der Waals surface area contributed by atoms with Crippen LogP contribution in [0.4, 0.5) is 5.69 Å². The zero-order chi connectivity index (χ0) is 8.97. The molecule has 0 aliphatic carbocycles. The van der Waals surface area contributed by atoms with E-state index in [1.807, 2.05) is 12.1 Å². The van der Waals surface area contributed by atoms with E-state index in [2.05, 4.69) is 25.6 Å². The molecule has 0 spiro atoms. The van der Waals surface area contributed by atoms with Crippen LogP contribution in [0.25, 0.3) is 0 Å². The Morgan fingerprint density at radius 3 is 2.62 bits per heavy atom. The molecule has 0 saturated heterocycles. The van der Waals surface area contributed by atoms with Gasteiger partial charge in [0.05, 0.1) is 0 Å². The van der Waals surface area contributed by atoms with Gasteiger partial charge in [-0.2, -0.15) is 0 Å². The third-order valence-corrected chi connectivity index (χ3v) is 2.30. The second kappa shape index (κ2) is 6.45. The molecule has 0 aliphatic heterocycles. The van der Waals surface area contributed by atoms with Gasteiger partial charge < -0.3 is 5.73 Å². The van der Waals surface area contributed by atoms with Crippen LogP contribution >= 0.6 is 12.6 Å². The van der Waals surface area contributed by atoms with Crippen LogP contribution in [0.5, 0.6) is 0 Å². The Bertz CT molecular complexity index is 263. The zero-order valence-corrected chi connectivity index (χ0v) is 11.9. The molecule has 0 unspecified atom stereocenters. The molecule has 0 aromatic heterocycles. The maximum absolute atomic E-state index is 5.64. The Labute approximate surface area is 98.3 Å². The van der Waals surface area contributed by atoms with E-state index in [9.17, 15) is 0 Å². The maximum atomic E-state index is 5.64. The summed E-state index contributed by atoms with van der Waals surface area (Å²) in [6, 6.07) is 6.05. The smallest absolute Gasteiger partial charge is 0.0449 e. The van der Waals surface area contributed by atoms with Crippen LogP contribution in [-0.4, -0.2) is 0 Å². The number of hydrogen-bond acceptors (Lipinski definition) is 2. The molecule has 0 aliphatic rings. The third kappa shape index (κ3) is 4.15. The van der Waals surface area contributed by atoms with E-state index in [1.54, 1.807) is 0 Å². The van der Waals surface area contributed by atoms with Crippen molar-refractivity contribution in [1.29, 1.82) is 0 Å². The summed E-state index contributed by atoms with van der Waals surface area (Å²) < 4.78 is 0. The van der Waals surface area contributed by atoms with E-state index < -0.39 is 0 Å². The van der Waals surface area contributed by atoms with Crippen LogP contribution in [0.1, 0.15) is 25.3 Å². The van der Waals surface area contributed by atoms with Crippen LogP contribution < -0.4 is 5.73 Å². The Morgan fingerprint density at radius 1 is 1.38 bits per heavy atom. The maximum Gasteiger partial charge on any atom is 0.0449 e. The molecular weight excluding hydrogens is 232 g/mol. The van der Waals surface area contributed by atoms with Crippen molar-refractivity contribution in [1.82, 2.24) is 0 Å². The van der Waals surface area contributed by atoms with Crippen LogP contribution in [-0.2, 0) is 25.9 Å². The number of thiol groups is 1. The summed E-state index contributed by atoms with van der Waals surface area (Å²) in [6.07, 6.45) is 3.59. The molecule has 2 N–H and O–H groups in total. The predicted molar refractivity (Wildman–Crippen MR) is 56.7 cm³/mol. The van der Waals surface area contributed by atoms with Gasteiger partial charge in [-0.1, -0.05) is 19.4 Å². The molecule has 1 rings (SSSR count). The topological polar surface area (TPSA) is 26.0 Å². The van der Waals surface area contributed by atoms with Crippen molar-refractivity contribution in [2.24, 2.45) is 0 Å². The van der Waals surface area contributed by atoms with Crippen molar-refractivity contribution in [3.05, 3.63) is 23.8 Å². The molecule has 0 fully saturated rings. The second-order valence-corrected chi connectivity index (χ2v) is 3.48. The van der Waals surface area contributed by atoms with Gasteiger partial charge in [-0.25, -0.2) is 0 Å². The molecule has 1 aromatic carbocycles. The fourth-order valence-electron chi connectivity index (χ4n) is 1.13. The minimum Gasteiger partial charge on any atom is -0.398 e. The third-order valence-electron chi connectivity index (χ3n) is 1.91. The monoisotopic (exact) mass is 245 g/mol. The van der Waals surface area contributed by atoms with Crippen LogP contribution in [0.2, 0.25) is 0 Å². The van der Waals surface area contributed by atoms with Crippen molar-refractivity contribution in [2.75, 3.05) is 5.73 Å². The van der Waals surface area contributed by atoms with E-state index in [-0.39, 0.29) is 19.5 Å². The van der Waals surface area contributed by atoms with E-state index >= 15 is 0 Å². The summed E-state index contributed by atoms with van der Waals surface area (Å²) >= 11 is 4.26. The quantitative estimate of drug-likeness (QED) is 0.479. The molecule has 3 heteroatoms. The first-order valence-corrected chi connectivity index (χ1v) is 4.76. The SMILES string of the molecule is CCCCc1ccc(N)c(S)c1.[Zn]. The molecule has 0 saturated carbocycles. The standard InChI is InChI=1S/C10H15NS.Zn/c1-2-3-4-8-5-6-9(11)10(12)7-8;/h5-7,12H,2-4,11H2,1H3;. The van der Waals surface area contributed by atoms with Crippen molar-refractivity contribution >= 4 is 18.3 Å². The first kappa shape index (κ1) is 13.0. The molecular formula is C10H15NSZn. The van der Waals surface area contributed by atoms with E-state index in [1.165, 1.54) is 18.4 Å². The Balaban J connectivity index is 0.00000144. The Hall–Kier alpha value is -0.00662. The summed E-state index contributed by atoms with van der Waals surface area (Å²) in [5.41, 5.74) is 7.73. The zero-order valence-electron chi connectivity index (χ0n) is 8.09. The van der Waals surface area contributed by atoms with Gasteiger partial charge >= 0.3 is 0 Å². The van der Waals surface area contributed by atoms with Crippen molar-refractivity contribution in [3.63, 3.8) is 0 Å². The van der Waals surface area contributed by atoms with Gasteiger partial charge in [0, 0.05) is 30.1 Å². The van der Waals surface area contributed by atoms with Crippen molar-refractivity contribution in [2.45, 2.75) is 31.1 Å². The molecule has 0 amide bonds. The molecule has 13 heavy (non-hydrogen) atoms. The number of benzene rings is 1. The summed E-state index contributed by atoms with van der Waals surface area (Å²) in [5.74, 6) is 0. The van der Waals surface area contributed by atoms with Gasteiger partial charge in [0.15, 0.2) is 0 Å². The second-order valence-electron chi connectivity index (χ2n) is 3.00. The Morgan fingerprint density at radius 2 is 2.08 bits per heavy atom. The van der Waals surface area contributed by atoms with Crippen LogP contribution in [0, 0.1) is 0 Å². The van der Waals surface area contributed by atoms with Gasteiger partial charge in [0.25, 0.3) is 0 Å². The number of aryl methyl sites for hydroxylation is 1. The van der Waals surface area contributed by atoms with E-state index in [0.29, 0.717) is 0 Å². The Kier molecular flexibility index (Phi) is 6.44. The first-order valence-electron chi connectivity index (χ1n) is 4.31. The van der Waals surface area contributed by atoms with Crippen molar-refractivity contribution in [3.8, 4) is 0 Å². The van der Waals surface area contributed by atoms with Gasteiger partial charge in [0.2, 0.25) is 0 Å². The number of rotatable bonds is 3. The summed E-state index contributed by atoms with van der Waals surface area (Å²) in [7, 11) is 0. The van der Waals surface area contributed by atoms with Crippen LogP contribution in [0.15, 0.2) is 23.1 Å². The average Bonchev–Trinajstić information content (AvgIpc) is 2.07. The minimum absolute atomic E-state index is 0. The van der Waals surface area contributed by atoms with Gasteiger partial charge in [0.1, 0.15) is 0 Å². The largest absolute Gasteiger partial charge is 0.398 e. The van der Waals surface area contributed by atoms with E-state index in [0.717, 1.165) is 17.0 Å².